The predicted molar refractivity (Wildman–Crippen MR) is 90.3 cm³/mol. The highest BCUT2D eigenvalue weighted by Crippen LogP contribution is 2.41. The Morgan fingerprint density at radius 1 is 1.00 bits per heavy atom. The van der Waals surface area contributed by atoms with Gasteiger partial charge in [-0.3, -0.25) is 4.79 Å². The number of carbonyl (C=O) groups is 2. The zero-order valence-corrected chi connectivity index (χ0v) is 14.0. The Morgan fingerprint density at radius 2 is 1.67 bits per heavy atom. The minimum atomic E-state index is -0.209. The lowest BCUT2D eigenvalue weighted by Crippen LogP contribution is -2.48. The molecule has 24 heavy (non-hydrogen) atoms. The van der Waals surface area contributed by atoms with Crippen LogP contribution in [-0.2, 0) is 16.1 Å². The van der Waals surface area contributed by atoms with Gasteiger partial charge in [-0.15, -0.1) is 0 Å². The molecule has 1 saturated carbocycles. The number of carbonyl (C=O) groups excluding carboxylic acids is 2. The number of hydrogen-bond acceptors (Lipinski definition) is 3. The third-order valence-electron chi connectivity index (χ3n) is 5.79. The molecule has 4 heteroatoms. The Bertz CT molecular complexity index is 597. The summed E-state index contributed by atoms with van der Waals surface area (Å²) in [5.74, 6) is 1.26. The van der Waals surface area contributed by atoms with E-state index in [0.29, 0.717) is 18.3 Å². The zero-order valence-electron chi connectivity index (χ0n) is 14.0. The van der Waals surface area contributed by atoms with Crippen LogP contribution in [0.2, 0.25) is 0 Å². The number of ketones is 1. The molecule has 3 fully saturated rings. The Kier molecular flexibility index (Phi) is 4.30. The molecule has 3 aliphatic rings. The molecule has 2 saturated heterocycles. The molecule has 4 rings (SSSR count). The highest BCUT2D eigenvalue weighted by Gasteiger charge is 2.46. The molecule has 1 aromatic carbocycles. The molecule has 2 atom stereocenters. The van der Waals surface area contributed by atoms with Gasteiger partial charge in [-0.1, -0.05) is 30.3 Å². The monoisotopic (exact) mass is 327 g/mol. The summed E-state index contributed by atoms with van der Waals surface area (Å²) in [6.07, 6.45) is 6.70. The summed E-state index contributed by atoms with van der Waals surface area (Å²) in [5.41, 5.74) is 1.01. The van der Waals surface area contributed by atoms with E-state index in [1.165, 1.54) is 12.8 Å². The Balaban J connectivity index is 1.33. The van der Waals surface area contributed by atoms with Crippen LogP contribution < -0.4 is 0 Å². The van der Waals surface area contributed by atoms with E-state index < -0.39 is 0 Å². The van der Waals surface area contributed by atoms with Gasteiger partial charge >= 0.3 is 6.09 Å². The Hall–Kier alpha value is -1.84. The molecule has 0 radical (unpaired) electrons. The summed E-state index contributed by atoms with van der Waals surface area (Å²) in [7, 11) is 0. The first-order valence-electron chi connectivity index (χ1n) is 9.22. The summed E-state index contributed by atoms with van der Waals surface area (Å²) in [4.78, 5) is 26.9. The molecule has 1 aromatic rings. The average Bonchev–Trinajstić information content (AvgIpc) is 3.37. The predicted octanol–water partition coefficient (Wildman–Crippen LogP) is 3.94. The van der Waals surface area contributed by atoms with Crippen LogP contribution in [0.1, 0.15) is 50.5 Å². The lowest BCUT2D eigenvalue weighted by atomic mass is 9.85. The summed E-state index contributed by atoms with van der Waals surface area (Å²) in [6.45, 7) is 0.319. The molecule has 4 nitrogen and oxygen atoms in total. The second-order valence-corrected chi connectivity index (χ2v) is 7.61. The van der Waals surface area contributed by atoms with Gasteiger partial charge in [0.15, 0.2) is 0 Å². The van der Waals surface area contributed by atoms with Gasteiger partial charge in [0.2, 0.25) is 0 Å². The van der Waals surface area contributed by atoms with E-state index >= 15 is 0 Å². The maximum atomic E-state index is 12.5. The number of nitrogens with zero attached hydrogens (tertiary/aromatic N) is 1. The van der Waals surface area contributed by atoms with Crippen LogP contribution in [0.15, 0.2) is 30.3 Å². The van der Waals surface area contributed by atoms with Crippen molar-refractivity contribution >= 4 is 11.9 Å². The fraction of sp³-hybridized carbons (Fsp3) is 0.600. The van der Waals surface area contributed by atoms with Gasteiger partial charge in [-0.25, -0.2) is 4.79 Å². The molecule has 1 amide bonds. The van der Waals surface area contributed by atoms with Gasteiger partial charge in [0.25, 0.3) is 0 Å². The van der Waals surface area contributed by atoms with Crippen molar-refractivity contribution in [3.8, 4) is 0 Å². The van der Waals surface area contributed by atoms with Crippen molar-refractivity contribution in [3.05, 3.63) is 35.9 Å². The number of fused-ring (bicyclic) bond motifs is 2. The zero-order chi connectivity index (χ0) is 16.5. The van der Waals surface area contributed by atoms with E-state index in [9.17, 15) is 9.59 Å². The molecular weight excluding hydrogens is 302 g/mol. The summed E-state index contributed by atoms with van der Waals surface area (Å²) >= 11 is 0. The normalized spacial score (nSPS) is 28.7. The maximum Gasteiger partial charge on any atom is 0.410 e. The highest BCUT2D eigenvalue weighted by atomic mass is 16.6. The molecular formula is C20H25NO3. The molecule has 128 valence electrons. The van der Waals surface area contributed by atoms with Gasteiger partial charge in [0.05, 0.1) is 0 Å². The number of amides is 1. The standard InChI is InChI=1S/C20H25NO3/c22-19(10-14-6-7-14)16-11-17-8-9-18(12-16)21(17)20(23)24-13-15-4-2-1-3-5-15/h1-5,14,16-18H,6-13H2. The van der Waals surface area contributed by atoms with E-state index in [2.05, 4.69) is 0 Å². The number of Topliss-reactive ketones (excluding diaryl/α,β-unsaturated/α-hetero) is 1. The minimum absolute atomic E-state index is 0.168. The van der Waals surface area contributed by atoms with Gasteiger partial charge < -0.3 is 9.64 Å². The molecule has 0 spiro atoms. The highest BCUT2D eigenvalue weighted by molar-refractivity contribution is 5.82. The molecule has 2 unspecified atom stereocenters. The van der Waals surface area contributed by atoms with Gasteiger partial charge in [0.1, 0.15) is 12.4 Å². The third-order valence-corrected chi connectivity index (χ3v) is 5.79. The van der Waals surface area contributed by atoms with Crippen LogP contribution in [-0.4, -0.2) is 28.9 Å². The third kappa shape index (κ3) is 3.33. The lowest BCUT2D eigenvalue weighted by Gasteiger charge is -2.37. The number of benzene rings is 1. The van der Waals surface area contributed by atoms with Crippen LogP contribution in [0.3, 0.4) is 0 Å². The first kappa shape index (κ1) is 15.7. The van der Waals surface area contributed by atoms with Crippen molar-refractivity contribution in [2.24, 2.45) is 11.8 Å². The minimum Gasteiger partial charge on any atom is -0.445 e. The smallest absolute Gasteiger partial charge is 0.410 e. The van der Waals surface area contributed by atoms with Crippen molar-refractivity contribution in [2.45, 2.75) is 63.6 Å². The largest absolute Gasteiger partial charge is 0.445 e. The SMILES string of the molecule is O=C(CC1CC1)C1CC2CCC(C1)N2C(=O)OCc1ccccc1. The van der Waals surface area contributed by atoms with Gasteiger partial charge in [0, 0.05) is 24.4 Å². The molecule has 0 aromatic heterocycles. The average molecular weight is 327 g/mol. The fourth-order valence-electron chi connectivity index (χ4n) is 4.31. The van der Waals surface area contributed by atoms with Crippen LogP contribution >= 0.6 is 0 Å². The van der Waals surface area contributed by atoms with Gasteiger partial charge in [-0.05, 0) is 50.0 Å². The molecule has 2 bridgehead atoms. The first-order valence-corrected chi connectivity index (χ1v) is 9.22. The first-order chi connectivity index (χ1) is 11.7. The number of hydrogen-bond donors (Lipinski definition) is 0. The van der Waals surface area contributed by atoms with E-state index in [1.54, 1.807) is 0 Å². The van der Waals surface area contributed by atoms with Crippen LogP contribution in [0.5, 0.6) is 0 Å². The van der Waals surface area contributed by atoms with E-state index in [1.807, 2.05) is 35.2 Å². The van der Waals surface area contributed by atoms with E-state index in [-0.39, 0.29) is 24.1 Å². The van der Waals surface area contributed by atoms with Crippen LogP contribution in [0.4, 0.5) is 4.79 Å². The second kappa shape index (κ2) is 6.58. The second-order valence-electron chi connectivity index (χ2n) is 7.61. The quantitative estimate of drug-likeness (QED) is 0.823. The van der Waals surface area contributed by atoms with Crippen LogP contribution in [0, 0.1) is 11.8 Å². The number of piperidine rings is 1. The van der Waals surface area contributed by atoms with Crippen molar-refractivity contribution in [1.82, 2.24) is 4.90 Å². The molecule has 0 N–H and O–H groups in total. The lowest BCUT2D eigenvalue weighted by molar-refractivity contribution is -0.125. The number of ether oxygens (including phenoxy) is 1. The molecule has 1 aliphatic carbocycles. The summed E-state index contributed by atoms with van der Waals surface area (Å²) in [6, 6.07) is 10.2. The fourth-order valence-corrected chi connectivity index (χ4v) is 4.31. The van der Waals surface area contributed by atoms with Crippen LogP contribution in [0.25, 0.3) is 0 Å². The number of rotatable bonds is 5. The van der Waals surface area contributed by atoms with Crippen molar-refractivity contribution in [1.29, 1.82) is 0 Å². The Morgan fingerprint density at radius 3 is 2.29 bits per heavy atom. The Labute approximate surface area is 143 Å². The summed E-state index contributed by atoms with van der Waals surface area (Å²) < 4.78 is 5.52. The van der Waals surface area contributed by atoms with Crippen molar-refractivity contribution in [3.63, 3.8) is 0 Å². The summed E-state index contributed by atoms with van der Waals surface area (Å²) in [5, 5.41) is 0. The van der Waals surface area contributed by atoms with Crippen molar-refractivity contribution in [2.75, 3.05) is 0 Å². The van der Waals surface area contributed by atoms with E-state index in [0.717, 1.165) is 37.7 Å². The molecule has 2 aliphatic heterocycles. The van der Waals surface area contributed by atoms with E-state index in [4.69, 9.17) is 4.74 Å². The maximum absolute atomic E-state index is 12.5. The molecule has 2 heterocycles. The van der Waals surface area contributed by atoms with Gasteiger partial charge in [-0.2, -0.15) is 0 Å². The topological polar surface area (TPSA) is 46.6 Å². The van der Waals surface area contributed by atoms with Crippen molar-refractivity contribution < 1.29 is 14.3 Å².